The summed E-state index contributed by atoms with van der Waals surface area (Å²) >= 11 is 0. The van der Waals surface area contributed by atoms with Crippen LogP contribution in [0.5, 0.6) is 0 Å². The van der Waals surface area contributed by atoms with E-state index in [2.05, 4.69) is 16.6 Å². The predicted molar refractivity (Wildman–Crippen MR) is 73.7 cm³/mol. The largest absolute Gasteiger partial charge is 0.384 e. The second-order valence-corrected chi connectivity index (χ2v) is 6.04. The Balaban J connectivity index is 2.16. The summed E-state index contributed by atoms with van der Waals surface area (Å²) in [5.74, 6) is 4.15. The monoisotopic (exact) mass is 298 g/mol. The van der Waals surface area contributed by atoms with Crippen molar-refractivity contribution < 1.29 is 17.9 Å². The van der Waals surface area contributed by atoms with Crippen LogP contribution in [0.25, 0.3) is 0 Å². The lowest BCUT2D eigenvalue weighted by Gasteiger charge is -2.16. The predicted octanol–water partition coefficient (Wildman–Crippen LogP) is 0.922. The quantitative estimate of drug-likeness (QED) is 0.815. The highest BCUT2D eigenvalue weighted by molar-refractivity contribution is 7.90. The third-order valence-corrected chi connectivity index (χ3v) is 4.46. The number of anilines is 1. The molecule has 1 aliphatic rings. The van der Waals surface area contributed by atoms with E-state index in [0.29, 0.717) is 13.1 Å². The van der Waals surface area contributed by atoms with Crippen LogP contribution in [0.3, 0.4) is 0 Å². The van der Waals surface area contributed by atoms with Crippen molar-refractivity contribution in [3.63, 3.8) is 0 Å². The van der Waals surface area contributed by atoms with Crippen LogP contribution in [0.1, 0.15) is 18.4 Å². The molecule has 0 spiro atoms. The molecular formula is C13H15FN2O3S. The first kappa shape index (κ1) is 14.8. The van der Waals surface area contributed by atoms with Gasteiger partial charge in [0.15, 0.2) is 0 Å². The topological polar surface area (TPSA) is 69.6 Å². The second-order valence-electron chi connectivity index (χ2n) is 4.37. The highest BCUT2D eigenvalue weighted by Gasteiger charge is 2.25. The zero-order valence-corrected chi connectivity index (χ0v) is 11.6. The number of aliphatic hydroxyl groups excluding tert-OH is 1. The van der Waals surface area contributed by atoms with Gasteiger partial charge in [-0.15, -0.1) is 0 Å². The average molecular weight is 298 g/mol. The van der Waals surface area contributed by atoms with Gasteiger partial charge < -0.3 is 5.11 Å². The smallest absolute Gasteiger partial charge is 0.301 e. The molecular weight excluding hydrogens is 283 g/mol. The van der Waals surface area contributed by atoms with E-state index < -0.39 is 16.0 Å². The molecule has 1 heterocycles. The molecule has 1 aromatic rings. The van der Waals surface area contributed by atoms with E-state index in [9.17, 15) is 12.8 Å². The second kappa shape index (κ2) is 6.22. The summed E-state index contributed by atoms with van der Waals surface area (Å²) in [5.41, 5.74) is 0.270. The third-order valence-electron chi connectivity index (χ3n) is 2.92. The molecule has 2 rings (SSSR count). The van der Waals surface area contributed by atoms with E-state index >= 15 is 0 Å². The minimum Gasteiger partial charge on any atom is -0.384 e. The molecule has 1 aliphatic heterocycles. The van der Waals surface area contributed by atoms with Crippen molar-refractivity contribution in [1.29, 1.82) is 0 Å². The zero-order valence-electron chi connectivity index (χ0n) is 10.8. The Kier molecular flexibility index (Phi) is 4.60. The Morgan fingerprint density at radius 2 is 2.05 bits per heavy atom. The van der Waals surface area contributed by atoms with Gasteiger partial charge in [0.2, 0.25) is 0 Å². The Hall–Kier alpha value is -1.62. The van der Waals surface area contributed by atoms with E-state index in [-0.39, 0.29) is 17.9 Å². The van der Waals surface area contributed by atoms with Crippen LogP contribution < -0.4 is 4.72 Å². The number of hydrogen-bond acceptors (Lipinski definition) is 3. The van der Waals surface area contributed by atoms with Crippen LogP contribution in [0, 0.1) is 17.7 Å². The number of hydrogen-bond donors (Lipinski definition) is 2. The van der Waals surface area contributed by atoms with Crippen molar-refractivity contribution in [2.24, 2.45) is 0 Å². The molecule has 5 nitrogen and oxygen atoms in total. The molecule has 0 unspecified atom stereocenters. The summed E-state index contributed by atoms with van der Waals surface area (Å²) in [5, 5.41) is 8.55. The first-order chi connectivity index (χ1) is 9.53. The Morgan fingerprint density at radius 1 is 1.35 bits per heavy atom. The number of halogens is 1. The van der Waals surface area contributed by atoms with Gasteiger partial charge in [0.25, 0.3) is 0 Å². The van der Waals surface area contributed by atoms with Crippen LogP contribution in [0.4, 0.5) is 10.1 Å². The highest BCUT2D eigenvalue weighted by Crippen LogP contribution is 2.18. The molecule has 0 atom stereocenters. The molecule has 1 saturated heterocycles. The van der Waals surface area contributed by atoms with Crippen molar-refractivity contribution in [3.8, 4) is 11.8 Å². The van der Waals surface area contributed by atoms with Crippen molar-refractivity contribution in [2.45, 2.75) is 12.8 Å². The van der Waals surface area contributed by atoms with Gasteiger partial charge in [-0.25, -0.2) is 4.39 Å². The molecule has 108 valence electrons. The fourth-order valence-electron chi connectivity index (χ4n) is 1.96. The highest BCUT2D eigenvalue weighted by atomic mass is 32.2. The Bertz CT molecular complexity index is 643. The molecule has 7 heteroatoms. The van der Waals surface area contributed by atoms with E-state index in [1.807, 2.05) is 0 Å². The molecule has 1 aromatic carbocycles. The number of benzene rings is 1. The SMILES string of the molecule is O=S(=O)(Nc1ccc(C#CCO)c(F)c1)N1CCCC1. The normalized spacial score (nSPS) is 15.7. The molecule has 2 N–H and O–H groups in total. The van der Waals surface area contributed by atoms with Crippen molar-refractivity contribution in [1.82, 2.24) is 4.31 Å². The van der Waals surface area contributed by atoms with E-state index in [0.717, 1.165) is 18.9 Å². The lowest BCUT2D eigenvalue weighted by molar-refractivity contribution is 0.350. The fraction of sp³-hybridized carbons (Fsp3) is 0.385. The van der Waals surface area contributed by atoms with Crippen LogP contribution >= 0.6 is 0 Å². The van der Waals surface area contributed by atoms with E-state index in [1.165, 1.54) is 16.4 Å². The fourth-order valence-corrected chi connectivity index (χ4v) is 3.25. The van der Waals surface area contributed by atoms with Gasteiger partial charge in [-0.05, 0) is 31.0 Å². The molecule has 0 saturated carbocycles. The van der Waals surface area contributed by atoms with Gasteiger partial charge in [-0.1, -0.05) is 11.8 Å². The first-order valence-corrected chi connectivity index (χ1v) is 7.64. The van der Waals surface area contributed by atoms with Gasteiger partial charge in [0, 0.05) is 13.1 Å². The number of aliphatic hydroxyl groups is 1. The van der Waals surface area contributed by atoms with E-state index in [1.54, 1.807) is 0 Å². The number of nitrogens with zero attached hydrogens (tertiary/aromatic N) is 1. The summed E-state index contributed by atoms with van der Waals surface area (Å²) in [7, 11) is -3.62. The third kappa shape index (κ3) is 3.48. The van der Waals surface area contributed by atoms with Gasteiger partial charge in [0.05, 0.1) is 11.3 Å². The first-order valence-electron chi connectivity index (χ1n) is 6.20. The summed E-state index contributed by atoms with van der Waals surface area (Å²) in [6.45, 7) is 0.610. The van der Waals surface area contributed by atoms with Gasteiger partial charge >= 0.3 is 10.2 Å². The molecule has 0 bridgehead atoms. The summed E-state index contributed by atoms with van der Waals surface area (Å²) < 4.78 is 41.4. The minimum atomic E-state index is -3.62. The lowest BCUT2D eigenvalue weighted by Crippen LogP contribution is -2.33. The molecule has 1 fully saturated rings. The molecule has 0 aliphatic carbocycles. The summed E-state index contributed by atoms with van der Waals surface area (Å²) in [6, 6.07) is 3.90. The van der Waals surface area contributed by atoms with Gasteiger partial charge in [-0.2, -0.15) is 12.7 Å². The number of rotatable bonds is 3. The summed E-state index contributed by atoms with van der Waals surface area (Å²) in [4.78, 5) is 0. The molecule has 0 amide bonds. The van der Waals surface area contributed by atoms with Crippen LogP contribution in [0.2, 0.25) is 0 Å². The Morgan fingerprint density at radius 3 is 2.65 bits per heavy atom. The molecule has 0 radical (unpaired) electrons. The van der Waals surface area contributed by atoms with Crippen LogP contribution in [-0.2, 0) is 10.2 Å². The zero-order chi connectivity index (χ0) is 14.6. The maximum atomic E-state index is 13.7. The molecule has 20 heavy (non-hydrogen) atoms. The number of nitrogens with one attached hydrogen (secondary N) is 1. The Labute approximate surface area is 117 Å². The standard InChI is InChI=1S/C13H15FN2O3S/c14-13-10-12(6-5-11(13)4-3-9-17)15-20(18,19)16-7-1-2-8-16/h5-6,10,15,17H,1-2,7-9H2. The van der Waals surface area contributed by atoms with Gasteiger partial charge in [0.1, 0.15) is 12.4 Å². The van der Waals surface area contributed by atoms with Crippen molar-refractivity contribution in [3.05, 3.63) is 29.6 Å². The minimum absolute atomic E-state index is 0.114. The van der Waals surface area contributed by atoms with Crippen LogP contribution in [0.15, 0.2) is 18.2 Å². The van der Waals surface area contributed by atoms with Crippen molar-refractivity contribution >= 4 is 15.9 Å². The molecule has 0 aromatic heterocycles. The van der Waals surface area contributed by atoms with E-state index in [4.69, 9.17) is 5.11 Å². The lowest BCUT2D eigenvalue weighted by atomic mass is 10.2. The maximum absolute atomic E-state index is 13.7. The summed E-state index contributed by atoms with van der Waals surface area (Å²) in [6.07, 6.45) is 1.68. The maximum Gasteiger partial charge on any atom is 0.301 e. The van der Waals surface area contributed by atoms with Gasteiger partial charge in [-0.3, -0.25) is 4.72 Å². The van der Waals surface area contributed by atoms with Crippen molar-refractivity contribution in [2.75, 3.05) is 24.4 Å². The van der Waals surface area contributed by atoms with Crippen LogP contribution in [-0.4, -0.2) is 37.5 Å². The average Bonchev–Trinajstić information content (AvgIpc) is 2.92.